The molecule has 0 saturated carbocycles. The Kier molecular flexibility index (Phi) is 4.16. The van der Waals surface area contributed by atoms with E-state index in [0.717, 1.165) is 10.7 Å². The van der Waals surface area contributed by atoms with Gasteiger partial charge in [-0.2, -0.15) is 0 Å². The third kappa shape index (κ3) is 3.93. The van der Waals surface area contributed by atoms with Crippen molar-refractivity contribution in [3.8, 4) is 0 Å². The van der Waals surface area contributed by atoms with Gasteiger partial charge in [0.05, 0.1) is 28.7 Å². The van der Waals surface area contributed by atoms with E-state index in [0.29, 0.717) is 6.54 Å². The molecule has 0 bridgehead atoms. The van der Waals surface area contributed by atoms with Crippen LogP contribution in [-0.4, -0.2) is 27.8 Å². The van der Waals surface area contributed by atoms with Crippen LogP contribution in [0.4, 0.5) is 0 Å². The first kappa shape index (κ1) is 12.1. The number of rotatable bonds is 4. The molecule has 82 valence electrons. The zero-order valence-corrected chi connectivity index (χ0v) is 10.3. The summed E-state index contributed by atoms with van der Waals surface area (Å²) in [5.41, 5.74) is 6.20. The molecule has 0 spiro atoms. The molecule has 6 heteroatoms. The van der Waals surface area contributed by atoms with Gasteiger partial charge in [0.25, 0.3) is 0 Å². The lowest BCUT2D eigenvalue weighted by Crippen LogP contribution is -2.29. The highest BCUT2D eigenvalue weighted by Gasteiger charge is 2.11. The molecule has 0 aromatic carbocycles. The number of thiazole rings is 1. The number of aromatic nitrogens is 1. The summed E-state index contributed by atoms with van der Waals surface area (Å²) in [6, 6.07) is 0. The molecule has 1 heterocycles. The van der Waals surface area contributed by atoms with Gasteiger partial charge in [0, 0.05) is 12.4 Å². The van der Waals surface area contributed by atoms with Gasteiger partial charge in [-0.3, -0.25) is 4.79 Å². The van der Waals surface area contributed by atoms with Crippen LogP contribution in [-0.2, 0) is 11.3 Å². The fraction of sp³-hybridized carbons (Fsp3) is 0.444. The highest BCUT2D eigenvalue weighted by Crippen LogP contribution is 2.10. The SMILES string of the molecule is Cc1nc(CN(C)C(=O)CC(N)=S)cs1. The van der Waals surface area contributed by atoms with E-state index in [4.69, 9.17) is 5.73 Å². The molecule has 4 nitrogen and oxygen atoms in total. The monoisotopic (exact) mass is 243 g/mol. The van der Waals surface area contributed by atoms with Crippen LogP contribution in [0.15, 0.2) is 5.38 Å². The third-order valence-corrected chi connectivity index (χ3v) is 2.78. The molecule has 1 aromatic rings. The predicted octanol–water partition coefficient (Wildman–Crippen LogP) is 1.09. The Morgan fingerprint density at radius 2 is 2.40 bits per heavy atom. The lowest BCUT2D eigenvalue weighted by atomic mass is 10.3. The van der Waals surface area contributed by atoms with E-state index in [-0.39, 0.29) is 17.3 Å². The Labute approximate surface area is 98.1 Å². The lowest BCUT2D eigenvalue weighted by Gasteiger charge is -2.15. The number of hydrogen-bond acceptors (Lipinski definition) is 4. The van der Waals surface area contributed by atoms with Gasteiger partial charge >= 0.3 is 0 Å². The van der Waals surface area contributed by atoms with E-state index in [2.05, 4.69) is 17.2 Å². The molecule has 0 atom stereocenters. The van der Waals surface area contributed by atoms with Crippen molar-refractivity contribution < 1.29 is 4.79 Å². The highest BCUT2D eigenvalue weighted by atomic mass is 32.1. The minimum absolute atomic E-state index is 0.0758. The molecular weight excluding hydrogens is 230 g/mol. The van der Waals surface area contributed by atoms with Gasteiger partial charge in [-0.1, -0.05) is 12.2 Å². The van der Waals surface area contributed by atoms with Crippen LogP contribution < -0.4 is 5.73 Å². The summed E-state index contributed by atoms with van der Waals surface area (Å²) in [4.78, 5) is 17.6. The van der Waals surface area contributed by atoms with Gasteiger partial charge in [-0.15, -0.1) is 11.3 Å². The molecule has 0 unspecified atom stereocenters. The van der Waals surface area contributed by atoms with Crippen LogP contribution in [0.1, 0.15) is 17.1 Å². The van der Waals surface area contributed by atoms with Crippen molar-refractivity contribution in [3.63, 3.8) is 0 Å². The standard InChI is InChI=1S/C9H13N3OS2/c1-6-11-7(5-15-6)4-12(2)9(13)3-8(10)14/h5H,3-4H2,1-2H3,(H2,10,14). The van der Waals surface area contributed by atoms with Crippen molar-refractivity contribution in [2.24, 2.45) is 5.73 Å². The van der Waals surface area contributed by atoms with E-state index in [1.807, 2.05) is 12.3 Å². The first-order valence-electron chi connectivity index (χ1n) is 4.42. The average molecular weight is 243 g/mol. The Morgan fingerprint density at radius 1 is 1.73 bits per heavy atom. The second kappa shape index (κ2) is 5.18. The number of hydrogen-bond donors (Lipinski definition) is 1. The molecule has 0 aliphatic heterocycles. The predicted molar refractivity (Wildman–Crippen MR) is 64.7 cm³/mol. The maximum absolute atomic E-state index is 11.5. The molecule has 1 amide bonds. The third-order valence-electron chi connectivity index (χ3n) is 1.82. The number of nitrogens with zero attached hydrogens (tertiary/aromatic N) is 2. The van der Waals surface area contributed by atoms with Crippen LogP contribution in [0.3, 0.4) is 0 Å². The summed E-state index contributed by atoms with van der Waals surface area (Å²) in [6.07, 6.45) is 0.120. The fourth-order valence-electron chi connectivity index (χ4n) is 1.10. The van der Waals surface area contributed by atoms with Crippen molar-refractivity contribution >= 4 is 34.5 Å². The minimum Gasteiger partial charge on any atom is -0.393 e. The normalized spacial score (nSPS) is 10.0. The van der Waals surface area contributed by atoms with Gasteiger partial charge in [-0.05, 0) is 6.92 Å². The van der Waals surface area contributed by atoms with Crippen molar-refractivity contribution in [2.45, 2.75) is 19.9 Å². The first-order valence-corrected chi connectivity index (χ1v) is 5.71. The molecule has 0 radical (unpaired) electrons. The number of carbonyl (C=O) groups excluding carboxylic acids is 1. The van der Waals surface area contributed by atoms with Gasteiger partial charge in [0.15, 0.2) is 0 Å². The van der Waals surface area contributed by atoms with Gasteiger partial charge in [-0.25, -0.2) is 4.98 Å². The van der Waals surface area contributed by atoms with Gasteiger partial charge < -0.3 is 10.6 Å². The Balaban J connectivity index is 2.51. The molecule has 0 fully saturated rings. The molecule has 0 aliphatic rings. The molecule has 1 rings (SSSR count). The molecular formula is C9H13N3OS2. The van der Waals surface area contributed by atoms with Gasteiger partial charge in [0.2, 0.25) is 5.91 Å². The fourth-order valence-corrected chi connectivity index (χ4v) is 1.82. The summed E-state index contributed by atoms with van der Waals surface area (Å²) >= 11 is 6.25. The molecule has 2 N–H and O–H groups in total. The van der Waals surface area contributed by atoms with E-state index < -0.39 is 0 Å². The minimum atomic E-state index is -0.0758. The summed E-state index contributed by atoms with van der Waals surface area (Å²) in [5.74, 6) is -0.0758. The quantitative estimate of drug-likeness (QED) is 0.804. The Morgan fingerprint density at radius 3 is 2.87 bits per heavy atom. The zero-order valence-electron chi connectivity index (χ0n) is 8.69. The molecule has 0 aliphatic carbocycles. The highest BCUT2D eigenvalue weighted by molar-refractivity contribution is 7.80. The maximum atomic E-state index is 11.5. The summed E-state index contributed by atoms with van der Waals surface area (Å²) < 4.78 is 0. The van der Waals surface area contributed by atoms with Crippen LogP contribution in [0, 0.1) is 6.92 Å². The van der Waals surface area contributed by atoms with Crippen molar-refractivity contribution in [1.82, 2.24) is 9.88 Å². The number of carbonyl (C=O) groups is 1. The summed E-state index contributed by atoms with van der Waals surface area (Å²) in [5, 5.41) is 2.94. The largest absolute Gasteiger partial charge is 0.393 e. The number of amides is 1. The maximum Gasteiger partial charge on any atom is 0.229 e. The van der Waals surface area contributed by atoms with Crippen molar-refractivity contribution in [2.75, 3.05) is 7.05 Å². The van der Waals surface area contributed by atoms with Crippen LogP contribution in [0.25, 0.3) is 0 Å². The average Bonchev–Trinajstić information content (AvgIpc) is 2.50. The van der Waals surface area contributed by atoms with Crippen molar-refractivity contribution in [1.29, 1.82) is 0 Å². The molecule has 15 heavy (non-hydrogen) atoms. The van der Waals surface area contributed by atoms with E-state index >= 15 is 0 Å². The topological polar surface area (TPSA) is 59.2 Å². The number of nitrogens with two attached hydrogens (primary N) is 1. The van der Waals surface area contributed by atoms with Crippen molar-refractivity contribution in [3.05, 3.63) is 16.1 Å². The van der Waals surface area contributed by atoms with Gasteiger partial charge in [0.1, 0.15) is 0 Å². The second-order valence-electron chi connectivity index (χ2n) is 3.25. The van der Waals surface area contributed by atoms with Crippen LogP contribution >= 0.6 is 23.6 Å². The van der Waals surface area contributed by atoms with Crippen LogP contribution in [0.5, 0.6) is 0 Å². The Hall–Kier alpha value is -1.01. The Bertz CT molecular complexity index is 375. The summed E-state index contributed by atoms with van der Waals surface area (Å²) in [7, 11) is 1.72. The second-order valence-corrected chi connectivity index (χ2v) is 4.84. The van der Waals surface area contributed by atoms with Crippen LogP contribution in [0.2, 0.25) is 0 Å². The van der Waals surface area contributed by atoms with E-state index in [1.165, 1.54) is 0 Å². The number of thiocarbonyl (C=S) groups is 1. The number of aryl methyl sites for hydroxylation is 1. The van der Waals surface area contributed by atoms with E-state index in [9.17, 15) is 4.79 Å². The lowest BCUT2D eigenvalue weighted by molar-refractivity contribution is -0.129. The molecule has 1 aromatic heterocycles. The first-order chi connectivity index (χ1) is 6.99. The summed E-state index contributed by atoms with van der Waals surface area (Å²) in [6.45, 7) is 2.44. The molecule has 0 saturated heterocycles. The van der Waals surface area contributed by atoms with E-state index in [1.54, 1.807) is 23.3 Å². The smallest absolute Gasteiger partial charge is 0.229 e. The zero-order chi connectivity index (χ0) is 11.4.